The minimum Gasteiger partial charge on any atom is -0.320 e. The molecule has 0 unspecified atom stereocenters. The molecule has 0 aliphatic rings. The third kappa shape index (κ3) is 40.2. The molecule has 0 atom stereocenters. The number of phosphoric acid groups is 1. The van der Waals surface area contributed by atoms with Crippen molar-refractivity contribution < 1.29 is 19.2 Å². The van der Waals surface area contributed by atoms with Gasteiger partial charge in [-0.2, -0.15) is 0 Å². The second-order valence-corrected chi connectivity index (χ2v) is 7.95. The van der Waals surface area contributed by atoms with E-state index in [0.29, 0.717) is 0 Å². The second kappa shape index (κ2) is 22.1. The van der Waals surface area contributed by atoms with Gasteiger partial charge in [0.2, 0.25) is 0 Å². The summed E-state index contributed by atoms with van der Waals surface area (Å²) >= 11 is 0. The molecule has 4 N–H and O–H groups in total. The minimum absolute atomic E-state index is 1.19. The number of hydrogen-bond donors (Lipinski definition) is 4. The molecule has 0 radical (unpaired) electrons. The molecular weight excluding hydrogens is 337 g/mol. The summed E-state index contributed by atoms with van der Waals surface area (Å²) < 4.78 is 8.88. The molecule has 0 saturated heterocycles. The molecule has 0 amide bonds. The average molecular weight is 382 g/mol. The Morgan fingerprint density at radius 1 is 0.600 bits per heavy atom. The van der Waals surface area contributed by atoms with Gasteiger partial charge in [-0.25, -0.2) is 4.57 Å². The lowest BCUT2D eigenvalue weighted by atomic mass is 10.0. The average Bonchev–Trinajstić information content (AvgIpc) is 2.53. The summed E-state index contributed by atoms with van der Waals surface area (Å²) in [7, 11) is -2.59. The van der Waals surface area contributed by atoms with Crippen LogP contribution in [0.3, 0.4) is 0 Å². The van der Waals surface area contributed by atoms with Crippen LogP contribution >= 0.6 is 7.82 Å². The van der Waals surface area contributed by atoms with Crippen LogP contribution in [0, 0.1) is 0 Å². The van der Waals surface area contributed by atoms with Crippen molar-refractivity contribution in [1.82, 2.24) is 5.32 Å². The fraction of sp³-hybridized carbons (Fsp3) is 1.00. The maximum atomic E-state index is 8.88. The van der Waals surface area contributed by atoms with Gasteiger partial charge in [0.1, 0.15) is 0 Å². The van der Waals surface area contributed by atoms with E-state index < -0.39 is 7.82 Å². The van der Waals surface area contributed by atoms with Crippen molar-refractivity contribution in [2.45, 2.75) is 110 Å². The normalized spacial score (nSPS) is 11.2. The van der Waals surface area contributed by atoms with Crippen molar-refractivity contribution >= 4 is 7.82 Å². The van der Waals surface area contributed by atoms with E-state index in [2.05, 4.69) is 12.2 Å². The van der Waals surface area contributed by atoms with E-state index in [1.54, 1.807) is 0 Å². The van der Waals surface area contributed by atoms with E-state index in [1.807, 2.05) is 7.05 Å². The summed E-state index contributed by atoms with van der Waals surface area (Å²) in [4.78, 5) is 21.6. The van der Waals surface area contributed by atoms with E-state index in [9.17, 15) is 0 Å². The molecule has 0 rings (SSSR count). The Kier molecular flexibility index (Phi) is 24.1. The third-order valence-corrected chi connectivity index (χ3v) is 4.28. The highest BCUT2D eigenvalue weighted by atomic mass is 31.2. The first-order chi connectivity index (χ1) is 11.9. The van der Waals surface area contributed by atoms with E-state index in [0.717, 1.165) is 0 Å². The summed E-state index contributed by atoms with van der Waals surface area (Å²) in [6.07, 6.45) is 23.2. The van der Waals surface area contributed by atoms with Crippen molar-refractivity contribution in [2.75, 3.05) is 13.6 Å². The van der Waals surface area contributed by atoms with Crippen LogP contribution in [-0.4, -0.2) is 28.3 Å². The smallest absolute Gasteiger partial charge is 0.320 e. The molecular formula is C19H44NO4P. The van der Waals surface area contributed by atoms with Gasteiger partial charge in [-0.1, -0.05) is 103 Å². The lowest BCUT2D eigenvalue weighted by Crippen LogP contribution is -2.06. The summed E-state index contributed by atoms with van der Waals surface area (Å²) in [5.74, 6) is 0. The van der Waals surface area contributed by atoms with Gasteiger partial charge < -0.3 is 20.0 Å². The van der Waals surface area contributed by atoms with Gasteiger partial charge in [0.25, 0.3) is 0 Å². The van der Waals surface area contributed by atoms with Crippen molar-refractivity contribution in [3.8, 4) is 0 Å². The molecule has 0 aromatic rings. The Labute approximate surface area is 156 Å². The minimum atomic E-state index is -4.64. The molecule has 0 heterocycles. The second-order valence-electron chi connectivity index (χ2n) is 6.92. The van der Waals surface area contributed by atoms with Crippen molar-refractivity contribution in [1.29, 1.82) is 0 Å². The fourth-order valence-corrected chi connectivity index (χ4v) is 2.85. The van der Waals surface area contributed by atoms with Gasteiger partial charge in [0.05, 0.1) is 0 Å². The molecule has 0 spiro atoms. The van der Waals surface area contributed by atoms with Gasteiger partial charge in [-0.15, -0.1) is 0 Å². The van der Waals surface area contributed by atoms with E-state index in [-0.39, 0.29) is 0 Å². The number of unbranched alkanes of at least 4 members (excludes halogenated alkanes) is 15. The molecule has 0 aromatic heterocycles. The lowest BCUT2D eigenvalue weighted by Gasteiger charge is -2.03. The maximum absolute atomic E-state index is 8.88. The van der Waals surface area contributed by atoms with Crippen LogP contribution < -0.4 is 5.32 Å². The van der Waals surface area contributed by atoms with Crippen molar-refractivity contribution in [3.63, 3.8) is 0 Å². The molecule has 0 aromatic carbocycles. The van der Waals surface area contributed by atoms with Gasteiger partial charge in [-0.05, 0) is 20.0 Å². The number of nitrogens with one attached hydrogen (secondary N) is 1. The first-order valence-corrected chi connectivity index (χ1v) is 11.9. The van der Waals surface area contributed by atoms with Gasteiger partial charge in [0.15, 0.2) is 0 Å². The Bertz CT molecular complexity index is 258. The molecule has 0 fully saturated rings. The Morgan fingerprint density at radius 2 is 0.840 bits per heavy atom. The SMILES string of the molecule is CCCCCCCCCCCCCCCCCCNC.O=P(O)(O)O. The van der Waals surface area contributed by atoms with Crippen LogP contribution in [0.25, 0.3) is 0 Å². The molecule has 0 aliphatic heterocycles. The van der Waals surface area contributed by atoms with Crippen molar-refractivity contribution in [3.05, 3.63) is 0 Å². The van der Waals surface area contributed by atoms with E-state index >= 15 is 0 Å². The molecule has 0 aliphatic carbocycles. The van der Waals surface area contributed by atoms with Gasteiger partial charge in [-0.3, -0.25) is 0 Å². The maximum Gasteiger partial charge on any atom is 0.466 e. The summed E-state index contributed by atoms with van der Waals surface area (Å²) in [5, 5.41) is 3.22. The summed E-state index contributed by atoms with van der Waals surface area (Å²) in [6.45, 7) is 3.49. The highest BCUT2D eigenvalue weighted by Gasteiger charge is 2.00. The molecule has 25 heavy (non-hydrogen) atoms. The molecule has 0 saturated carbocycles. The predicted octanol–water partition coefficient (Wildman–Crippen LogP) is 5.54. The van der Waals surface area contributed by atoms with Gasteiger partial charge >= 0.3 is 7.82 Å². The zero-order valence-electron chi connectivity index (χ0n) is 16.7. The van der Waals surface area contributed by atoms with Crippen LogP contribution in [0.4, 0.5) is 0 Å². The van der Waals surface area contributed by atoms with Crippen molar-refractivity contribution in [2.24, 2.45) is 0 Å². The highest BCUT2D eigenvalue weighted by Crippen LogP contribution is 2.25. The summed E-state index contributed by atoms with van der Waals surface area (Å²) in [6, 6.07) is 0. The Morgan fingerprint density at radius 3 is 1.08 bits per heavy atom. The quantitative estimate of drug-likeness (QED) is 0.196. The zero-order valence-corrected chi connectivity index (χ0v) is 17.6. The molecule has 0 bridgehead atoms. The third-order valence-electron chi connectivity index (χ3n) is 4.28. The van der Waals surface area contributed by atoms with E-state index in [4.69, 9.17) is 19.2 Å². The summed E-state index contributed by atoms with van der Waals surface area (Å²) in [5.41, 5.74) is 0. The van der Waals surface area contributed by atoms with Crippen LogP contribution in [0.2, 0.25) is 0 Å². The largest absolute Gasteiger partial charge is 0.466 e. The predicted molar refractivity (Wildman–Crippen MR) is 108 cm³/mol. The zero-order chi connectivity index (χ0) is 19.2. The molecule has 5 nitrogen and oxygen atoms in total. The van der Waals surface area contributed by atoms with Crippen LogP contribution in [-0.2, 0) is 4.57 Å². The standard InChI is InChI=1S/C19H41N.H3O4P/c1-3-4-5-6-7-8-9-10-11-12-13-14-15-16-17-18-19-20-2;1-5(2,3)4/h20H,3-19H2,1-2H3;(H3,1,2,3,4). The fourth-order valence-electron chi connectivity index (χ4n) is 2.85. The number of hydrogen-bond acceptors (Lipinski definition) is 2. The van der Waals surface area contributed by atoms with E-state index in [1.165, 1.54) is 109 Å². The Balaban J connectivity index is 0. The highest BCUT2D eigenvalue weighted by molar-refractivity contribution is 7.45. The number of rotatable bonds is 17. The monoisotopic (exact) mass is 381 g/mol. The van der Waals surface area contributed by atoms with Crippen LogP contribution in [0.5, 0.6) is 0 Å². The molecule has 154 valence electrons. The van der Waals surface area contributed by atoms with Gasteiger partial charge in [0, 0.05) is 0 Å². The lowest BCUT2D eigenvalue weighted by molar-refractivity contribution is 0.275. The van der Waals surface area contributed by atoms with Crippen LogP contribution in [0.15, 0.2) is 0 Å². The Hall–Kier alpha value is 0.0700. The first-order valence-electron chi connectivity index (χ1n) is 10.3. The topological polar surface area (TPSA) is 89.8 Å². The first kappa shape index (κ1) is 27.3. The molecule has 6 heteroatoms. The van der Waals surface area contributed by atoms with Crippen LogP contribution in [0.1, 0.15) is 110 Å².